The third kappa shape index (κ3) is 16.2. The maximum Gasteiger partial charge on any atom is 0.306 e. The summed E-state index contributed by atoms with van der Waals surface area (Å²) in [6.45, 7) is 11.6. The fourth-order valence-corrected chi connectivity index (χ4v) is 4.83. The molecule has 0 amide bonds. The number of hydrogen-bond donors (Lipinski definition) is 2. The molecule has 2 rings (SSSR count). The zero-order valence-electron chi connectivity index (χ0n) is 23.5. The van der Waals surface area contributed by atoms with Crippen LogP contribution in [0.1, 0.15) is 119 Å². The summed E-state index contributed by atoms with van der Waals surface area (Å²) in [5.41, 5.74) is -0.788. The molecule has 0 aromatic heterocycles. The van der Waals surface area contributed by atoms with E-state index in [4.69, 9.17) is 19.7 Å². The molecule has 207 valence electrons. The second kappa shape index (κ2) is 16.3. The first-order valence-electron chi connectivity index (χ1n) is 13.5. The molecular weight excluding hydrogens is 459 g/mol. The van der Waals surface area contributed by atoms with Gasteiger partial charge in [-0.15, -0.1) is 0 Å². The molecule has 2 aliphatic rings. The van der Waals surface area contributed by atoms with Crippen LogP contribution in [0.25, 0.3) is 0 Å². The summed E-state index contributed by atoms with van der Waals surface area (Å²) in [7, 11) is 0. The Hall–Kier alpha value is -1.57. The molecule has 2 saturated carbocycles. The summed E-state index contributed by atoms with van der Waals surface area (Å²) in [5, 5.41) is 17.9. The minimum absolute atomic E-state index is 0. The third-order valence-corrected chi connectivity index (χ3v) is 6.77. The van der Waals surface area contributed by atoms with Crippen LogP contribution in [-0.2, 0) is 23.9 Å². The Morgan fingerprint density at radius 2 is 1.00 bits per heavy atom. The van der Waals surface area contributed by atoms with E-state index in [9.17, 15) is 14.4 Å². The highest BCUT2D eigenvalue weighted by atomic mass is 16.6. The van der Waals surface area contributed by atoms with Gasteiger partial charge in [-0.25, -0.2) is 0 Å². The lowest BCUT2D eigenvalue weighted by molar-refractivity contribution is -0.156. The Kier molecular flexibility index (Phi) is 15.6. The molecule has 2 N–H and O–H groups in total. The number of carbonyl (C=O) groups is 3. The molecule has 0 unspecified atom stereocenters. The Morgan fingerprint density at radius 3 is 1.31 bits per heavy atom. The number of esters is 2. The number of aliphatic carboxylic acids is 1. The maximum atomic E-state index is 11.6. The van der Waals surface area contributed by atoms with Crippen LogP contribution in [0.5, 0.6) is 0 Å². The summed E-state index contributed by atoms with van der Waals surface area (Å²) >= 11 is 0. The largest absolute Gasteiger partial charge is 0.481 e. The normalized spacial score (nSPS) is 24.4. The van der Waals surface area contributed by atoms with E-state index >= 15 is 0 Å². The monoisotopic (exact) mass is 509 g/mol. The molecule has 0 aromatic carbocycles. The van der Waals surface area contributed by atoms with Crippen molar-refractivity contribution in [3.8, 4) is 0 Å². The van der Waals surface area contributed by atoms with E-state index in [1.165, 1.54) is 0 Å². The number of aliphatic hydroxyl groups is 1. The van der Waals surface area contributed by atoms with Crippen molar-refractivity contribution in [2.24, 2.45) is 23.7 Å². The molecule has 2 fully saturated rings. The Bertz CT molecular complexity index is 650. The second-order valence-corrected chi connectivity index (χ2v) is 12.4. The SMILES string of the molecule is CC(C)(C)OC(=O)CCC1CCC(C(=O)O)CC1.CC(C)(C)OC(=O)CCC1CCC(CO)CC1.[B]. The third-order valence-electron chi connectivity index (χ3n) is 6.77. The van der Waals surface area contributed by atoms with Gasteiger partial charge in [0.25, 0.3) is 0 Å². The molecule has 0 heterocycles. The lowest BCUT2D eigenvalue weighted by Gasteiger charge is -2.27. The molecule has 0 aromatic rings. The predicted octanol–water partition coefficient (Wildman–Crippen LogP) is 5.53. The molecule has 3 radical (unpaired) electrons. The molecule has 0 atom stereocenters. The van der Waals surface area contributed by atoms with Gasteiger partial charge in [0.05, 0.1) is 5.92 Å². The quantitative estimate of drug-likeness (QED) is 0.327. The zero-order valence-corrected chi connectivity index (χ0v) is 23.5. The van der Waals surface area contributed by atoms with Gasteiger partial charge in [0, 0.05) is 27.9 Å². The van der Waals surface area contributed by atoms with Gasteiger partial charge in [-0.05, 0) is 111 Å². The molecule has 0 spiro atoms. The summed E-state index contributed by atoms with van der Waals surface area (Å²) < 4.78 is 10.5. The highest BCUT2D eigenvalue weighted by molar-refractivity contribution is 5.75. The van der Waals surface area contributed by atoms with Crippen LogP contribution in [0.4, 0.5) is 0 Å². The molecule has 0 saturated heterocycles. The number of ether oxygens (including phenoxy) is 2. The fourth-order valence-electron chi connectivity index (χ4n) is 4.83. The van der Waals surface area contributed by atoms with E-state index in [-0.39, 0.29) is 31.9 Å². The van der Waals surface area contributed by atoms with Crippen molar-refractivity contribution < 1.29 is 34.1 Å². The smallest absolute Gasteiger partial charge is 0.306 e. The first-order chi connectivity index (χ1) is 16.2. The Labute approximate surface area is 220 Å². The van der Waals surface area contributed by atoms with Crippen LogP contribution in [0.15, 0.2) is 0 Å². The summed E-state index contributed by atoms with van der Waals surface area (Å²) in [6.07, 6.45) is 10.6. The van der Waals surface area contributed by atoms with E-state index < -0.39 is 11.6 Å². The summed E-state index contributed by atoms with van der Waals surface area (Å²) in [6, 6.07) is 0. The Morgan fingerprint density at radius 1 is 0.667 bits per heavy atom. The van der Waals surface area contributed by atoms with Crippen LogP contribution >= 0.6 is 0 Å². The first kappa shape index (κ1) is 34.4. The van der Waals surface area contributed by atoms with Gasteiger partial charge >= 0.3 is 17.9 Å². The average molecular weight is 510 g/mol. The molecule has 2 aliphatic carbocycles. The van der Waals surface area contributed by atoms with E-state index in [2.05, 4.69) is 0 Å². The van der Waals surface area contributed by atoms with Gasteiger partial charge in [0.1, 0.15) is 11.2 Å². The second-order valence-electron chi connectivity index (χ2n) is 12.4. The van der Waals surface area contributed by atoms with Crippen molar-refractivity contribution >= 4 is 26.3 Å². The van der Waals surface area contributed by atoms with Crippen molar-refractivity contribution in [3.05, 3.63) is 0 Å². The van der Waals surface area contributed by atoms with E-state index in [0.29, 0.717) is 37.2 Å². The first-order valence-corrected chi connectivity index (χ1v) is 13.5. The number of aliphatic hydroxyl groups excluding tert-OH is 1. The van der Waals surface area contributed by atoms with Crippen molar-refractivity contribution in [3.63, 3.8) is 0 Å². The zero-order chi connectivity index (χ0) is 26.6. The summed E-state index contributed by atoms with van der Waals surface area (Å²) in [5.74, 6) is 0.527. The van der Waals surface area contributed by atoms with Crippen molar-refractivity contribution in [1.29, 1.82) is 0 Å². The van der Waals surface area contributed by atoms with Gasteiger partial charge in [-0.3, -0.25) is 14.4 Å². The minimum Gasteiger partial charge on any atom is -0.481 e. The fraction of sp³-hybridized carbons (Fsp3) is 0.893. The molecule has 0 bridgehead atoms. The minimum atomic E-state index is -0.680. The van der Waals surface area contributed by atoms with Gasteiger partial charge in [0.15, 0.2) is 0 Å². The van der Waals surface area contributed by atoms with Crippen LogP contribution in [0, 0.1) is 23.7 Å². The predicted molar refractivity (Wildman–Crippen MR) is 142 cm³/mol. The molecule has 8 heteroatoms. The lowest BCUT2D eigenvalue weighted by atomic mass is 9.80. The highest BCUT2D eigenvalue weighted by Gasteiger charge is 2.27. The van der Waals surface area contributed by atoms with Gasteiger partial charge in [-0.1, -0.05) is 12.8 Å². The van der Waals surface area contributed by atoms with Crippen LogP contribution < -0.4 is 0 Å². The van der Waals surface area contributed by atoms with Crippen molar-refractivity contribution in [2.45, 2.75) is 130 Å². The summed E-state index contributed by atoms with van der Waals surface area (Å²) in [4.78, 5) is 33.9. The molecular formula is C28H50BO7. The number of carboxylic acids is 1. The average Bonchev–Trinajstić information content (AvgIpc) is 2.75. The highest BCUT2D eigenvalue weighted by Crippen LogP contribution is 2.32. The number of carboxylic acid groups (broad SMARTS) is 1. The molecule has 36 heavy (non-hydrogen) atoms. The number of carbonyl (C=O) groups excluding carboxylic acids is 2. The number of hydrogen-bond acceptors (Lipinski definition) is 6. The Balaban J connectivity index is 0.000000663. The van der Waals surface area contributed by atoms with E-state index in [1.807, 2.05) is 41.5 Å². The van der Waals surface area contributed by atoms with Gasteiger partial charge in [-0.2, -0.15) is 0 Å². The van der Waals surface area contributed by atoms with Crippen molar-refractivity contribution in [2.75, 3.05) is 6.61 Å². The maximum absolute atomic E-state index is 11.6. The van der Waals surface area contributed by atoms with Crippen LogP contribution in [0.3, 0.4) is 0 Å². The van der Waals surface area contributed by atoms with Crippen LogP contribution in [-0.4, -0.2) is 54.3 Å². The van der Waals surface area contributed by atoms with Gasteiger partial charge < -0.3 is 19.7 Å². The molecule has 7 nitrogen and oxygen atoms in total. The number of rotatable bonds is 8. The van der Waals surface area contributed by atoms with E-state index in [1.54, 1.807) is 0 Å². The van der Waals surface area contributed by atoms with Crippen LogP contribution in [0.2, 0.25) is 0 Å². The van der Waals surface area contributed by atoms with Crippen molar-refractivity contribution in [1.82, 2.24) is 0 Å². The topological polar surface area (TPSA) is 110 Å². The molecule has 0 aliphatic heterocycles. The lowest BCUT2D eigenvalue weighted by Crippen LogP contribution is -2.25. The van der Waals surface area contributed by atoms with E-state index in [0.717, 1.165) is 64.2 Å². The van der Waals surface area contributed by atoms with Gasteiger partial charge in [0.2, 0.25) is 0 Å². The standard InChI is InChI=1S/C14H24O4.C14H26O3.B/c1-14(2,3)18-12(15)9-6-10-4-7-11(8-5-10)13(16)17;1-14(2,3)17-13(16)9-8-11-4-6-12(10-15)7-5-11;/h10-11H,4-9H2,1-3H3,(H,16,17);11-12,15H,4-10H2,1-3H3;.